The molecule has 70 valence electrons. The molecule has 2 heterocycles. The Kier molecular flexibility index (Phi) is 1.97. The zero-order valence-corrected chi connectivity index (χ0v) is 7.03. The van der Waals surface area contributed by atoms with Crippen LogP contribution in [0.4, 0.5) is 0 Å². The van der Waals surface area contributed by atoms with Crippen molar-refractivity contribution in [2.45, 2.75) is 18.4 Å². The number of aromatic amines is 1. The van der Waals surface area contributed by atoms with Gasteiger partial charge in [0.15, 0.2) is 0 Å². The molecule has 0 spiro atoms. The Hall–Kier alpha value is -1.43. The predicted octanol–water partition coefficient (Wildman–Crippen LogP) is -1.26. The van der Waals surface area contributed by atoms with Crippen LogP contribution >= 0.6 is 0 Å². The largest absolute Gasteiger partial charge is 0.368 e. The van der Waals surface area contributed by atoms with Crippen molar-refractivity contribution < 1.29 is 4.79 Å². The van der Waals surface area contributed by atoms with Crippen molar-refractivity contribution in [3.8, 4) is 0 Å². The van der Waals surface area contributed by atoms with Crippen molar-refractivity contribution >= 4 is 5.91 Å². The van der Waals surface area contributed by atoms with Crippen LogP contribution in [-0.4, -0.2) is 33.7 Å². The Morgan fingerprint density at radius 2 is 2.54 bits per heavy atom. The molecule has 1 aliphatic rings. The molecule has 2 atom stereocenters. The van der Waals surface area contributed by atoms with Crippen LogP contribution < -0.4 is 11.1 Å². The van der Waals surface area contributed by atoms with Gasteiger partial charge in [-0.05, 0) is 6.42 Å². The maximum absolute atomic E-state index is 10.8. The summed E-state index contributed by atoms with van der Waals surface area (Å²) in [7, 11) is 0. The number of aromatic nitrogens is 3. The molecule has 1 aliphatic heterocycles. The SMILES string of the molecule is NC(=O)C1CC(c2nnc[nH]2)CN1. The van der Waals surface area contributed by atoms with E-state index in [9.17, 15) is 4.79 Å². The van der Waals surface area contributed by atoms with Gasteiger partial charge in [0.1, 0.15) is 12.2 Å². The second-order valence-corrected chi connectivity index (χ2v) is 3.17. The number of H-pyrrole nitrogens is 1. The summed E-state index contributed by atoms with van der Waals surface area (Å²) in [5.41, 5.74) is 5.17. The van der Waals surface area contributed by atoms with Crippen LogP contribution in [0.25, 0.3) is 0 Å². The molecule has 2 rings (SSSR count). The van der Waals surface area contributed by atoms with Crippen molar-refractivity contribution in [2.24, 2.45) is 5.73 Å². The number of hydrogen-bond donors (Lipinski definition) is 3. The average molecular weight is 181 g/mol. The number of rotatable bonds is 2. The van der Waals surface area contributed by atoms with Gasteiger partial charge in [-0.2, -0.15) is 0 Å². The Morgan fingerprint density at radius 3 is 3.08 bits per heavy atom. The van der Waals surface area contributed by atoms with Crippen molar-refractivity contribution in [1.29, 1.82) is 0 Å². The second-order valence-electron chi connectivity index (χ2n) is 3.17. The van der Waals surface area contributed by atoms with Crippen LogP contribution in [-0.2, 0) is 4.79 Å². The van der Waals surface area contributed by atoms with Crippen molar-refractivity contribution in [3.63, 3.8) is 0 Å². The number of amides is 1. The first-order valence-corrected chi connectivity index (χ1v) is 4.16. The van der Waals surface area contributed by atoms with Gasteiger partial charge in [-0.1, -0.05) is 0 Å². The summed E-state index contributed by atoms with van der Waals surface area (Å²) in [5.74, 6) is 0.735. The number of nitrogens with two attached hydrogens (primary N) is 1. The molecular weight excluding hydrogens is 170 g/mol. The summed E-state index contributed by atoms with van der Waals surface area (Å²) in [6.07, 6.45) is 2.23. The van der Waals surface area contributed by atoms with Crippen LogP contribution in [0.3, 0.4) is 0 Å². The monoisotopic (exact) mass is 181 g/mol. The highest BCUT2D eigenvalue weighted by atomic mass is 16.1. The molecule has 1 amide bonds. The Balaban J connectivity index is 2.03. The summed E-state index contributed by atoms with van der Waals surface area (Å²) >= 11 is 0. The van der Waals surface area contributed by atoms with E-state index in [2.05, 4.69) is 20.5 Å². The van der Waals surface area contributed by atoms with Crippen LogP contribution in [0.1, 0.15) is 18.2 Å². The normalized spacial score (nSPS) is 27.7. The van der Waals surface area contributed by atoms with Gasteiger partial charge in [0.25, 0.3) is 0 Å². The number of carbonyl (C=O) groups excluding carboxylic acids is 1. The number of carbonyl (C=O) groups is 1. The maximum atomic E-state index is 10.8. The highest BCUT2D eigenvalue weighted by Crippen LogP contribution is 2.21. The smallest absolute Gasteiger partial charge is 0.234 e. The number of hydrogen-bond acceptors (Lipinski definition) is 4. The van der Waals surface area contributed by atoms with Gasteiger partial charge in [0, 0.05) is 12.5 Å². The predicted molar refractivity (Wildman–Crippen MR) is 44.7 cm³/mol. The van der Waals surface area contributed by atoms with Gasteiger partial charge in [-0.15, -0.1) is 10.2 Å². The zero-order chi connectivity index (χ0) is 9.26. The number of primary amides is 1. The summed E-state index contributed by atoms with van der Waals surface area (Å²) < 4.78 is 0. The Morgan fingerprint density at radius 1 is 1.69 bits per heavy atom. The van der Waals surface area contributed by atoms with E-state index in [1.807, 2.05) is 0 Å². The lowest BCUT2D eigenvalue weighted by molar-refractivity contribution is -0.119. The lowest BCUT2D eigenvalue weighted by Gasteiger charge is -2.03. The van der Waals surface area contributed by atoms with E-state index < -0.39 is 0 Å². The van der Waals surface area contributed by atoms with E-state index in [0.29, 0.717) is 6.42 Å². The van der Waals surface area contributed by atoms with Crippen LogP contribution in [0.15, 0.2) is 6.33 Å². The van der Waals surface area contributed by atoms with Crippen molar-refractivity contribution in [2.75, 3.05) is 6.54 Å². The molecule has 13 heavy (non-hydrogen) atoms. The molecule has 6 nitrogen and oxygen atoms in total. The molecule has 0 saturated carbocycles. The summed E-state index contributed by atoms with van der Waals surface area (Å²) in [4.78, 5) is 13.8. The lowest BCUT2D eigenvalue weighted by Crippen LogP contribution is -2.36. The van der Waals surface area contributed by atoms with Gasteiger partial charge in [-0.3, -0.25) is 4.79 Å². The van der Waals surface area contributed by atoms with Gasteiger partial charge in [0.05, 0.1) is 6.04 Å². The van der Waals surface area contributed by atoms with Crippen molar-refractivity contribution in [1.82, 2.24) is 20.5 Å². The molecule has 0 bridgehead atoms. The fraction of sp³-hybridized carbons (Fsp3) is 0.571. The fourth-order valence-electron chi connectivity index (χ4n) is 1.58. The second kappa shape index (κ2) is 3.14. The van der Waals surface area contributed by atoms with Crippen LogP contribution in [0.5, 0.6) is 0 Å². The third kappa shape index (κ3) is 1.52. The van der Waals surface area contributed by atoms with E-state index in [0.717, 1.165) is 12.4 Å². The summed E-state index contributed by atoms with van der Waals surface area (Å²) in [6, 6.07) is -0.227. The summed E-state index contributed by atoms with van der Waals surface area (Å²) in [6.45, 7) is 0.725. The van der Waals surface area contributed by atoms with E-state index in [-0.39, 0.29) is 17.9 Å². The molecule has 6 heteroatoms. The van der Waals surface area contributed by atoms with Crippen LogP contribution in [0.2, 0.25) is 0 Å². The molecule has 4 N–H and O–H groups in total. The highest BCUT2D eigenvalue weighted by molar-refractivity contribution is 5.80. The van der Waals surface area contributed by atoms with Gasteiger partial charge < -0.3 is 16.0 Å². The Labute approximate surface area is 74.9 Å². The molecule has 0 radical (unpaired) electrons. The molecule has 1 fully saturated rings. The highest BCUT2D eigenvalue weighted by Gasteiger charge is 2.30. The third-order valence-electron chi connectivity index (χ3n) is 2.30. The Bertz CT molecular complexity index is 296. The standard InChI is InChI=1S/C7H11N5O/c8-6(13)5-1-4(2-9-5)7-10-3-11-12-7/h3-5,9H,1-2H2,(H2,8,13)(H,10,11,12). The fourth-order valence-corrected chi connectivity index (χ4v) is 1.58. The molecule has 1 aromatic heterocycles. The first-order chi connectivity index (χ1) is 6.27. The topological polar surface area (TPSA) is 96.7 Å². The molecular formula is C7H11N5O. The molecule has 1 aromatic rings. The van der Waals surface area contributed by atoms with Gasteiger partial charge in [0.2, 0.25) is 5.91 Å². The van der Waals surface area contributed by atoms with Gasteiger partial charge in [-0.25, -0.2) is 0 Å². The third-order valence-corrected chi connectivity index (χ3v) is 2.30. The maximum Gasteiger partial charge on any atom is 0.234 e. The minimum Gasteiger partial charge on any atom is -0.368 e. The van der Waals surface area contributed by atoms with E-state index in [4.69, 9.17) is 5.73 Å². The van der Waals surface area contributed by atoms with Crippen molar-refractivity contribution in [3.05, 3.63) is 12.2 Å². The van der Waals surface area contributed by atoms with E-state index >= 15 is 0 Å². The average Bonchev–Trinajstić information content (AvgIpc) is 2.75. The number of nitrogens with one attached hydrogen (secondary N) is 2. The molecule has 1 saturated heterocycles. The molecule has 2 unspecified atom stereocenters. The van der Waals surface area contributed by atoms with Gasteiger partial charge >= 0.3 is 0 Å². The molecule has 0 aliphatic carbocycles. The first-order valence-electron chi connectivity index (χ1n) is 4.16. The molecule has 0 aromatic carbocycles. The van der Waals surface area contributed by atoms with E-state index in [1.54, 1.807) is 0 Å². The van der Waals surface area contributed by atoms with Crippen LogP contribution in [0, 0.1) is 0 Å². The first kappa shape index (κ1) is 8.18. The minimum atomic E-state index is -0.304. The number of nitrogens with zero attached hydrogens (tertiary/aromatic N) is 2. The lowest BCUT2D eigenvalue weighted by atomic mass is 10.1. The summed E-state index contributed by atoms with van der Waals surface area (Å²) in [5, 5.41) is 10.6. The minimum absolute atomic E-state index is 0.222. The zero-order valence-electron chi connectivity index (χ0n) is 7.03. The quantitative estimate of drug-likeness (QED) is 0.530. The van der Waals surface area contributed by atoms with E-state index in [1.165, 1.54) is 6.33 Å².